The summed E-state index contributed by atoms with van der Waals surface area (Å²) in [7, 11) is 0. The number of nitrogens with zero attached hydrogens (tertiary/aromatic N) is 1. The van der Waals surface area contributed by atoms with E-state index in [-0.39, 0.29) is 6.04 Å². The number of aromatic nitrogens is 2. The van der Waals surface area contributed by atoms with E-state index in [1.165, 1.54) is 0 Å². The van der Waals surface area contributed by atoms with Gasteiger partial charge in [-0.1, -0.05) is 30.3 Å². The second-order valence-electron chi connectivity index (χ2n) is 5.95. The van der Waals surface area contributed by atoms with Crippen molar-refractivity contribution in [3.8, 4) is 11.5 Å². The summed E-state index contributed by atoms with van der Waals surface area (Å²) in [5.74, 6) is 0.571. The Morgan fingerprint density at radius 3 is 2.72 bits per heavy atom. The number of fused-ring (bicyclic) bond motifs is 1. The second kappa shape index (κ2) is 6.41. The van der Waals surface area contributed by atoms with Crippen molar-refractivity contribution in [2.24, 2.45) is 0 Å². The zero-order valence-electron chi connectivity index (χ0n) is 13.3. The number of ether oxygens (including phenoxy) is 1. The van der Waals surface area contributed by atoms with E-state index in [4.69, 9.17) is 4.74 Å². The summed E-state index contributed by atoms with van der Waals surface area (Å²) in [6.07, 6.45) is 2.00. The van der Waals surface area contributed by atoms with Crippen molar-refractivity contribution in [2.75, 3.05) is 0 Å². The van der Waals surface area contributed by atoms with Gasteiger partial charge in [0.1, 0.15) is 17.5 Å². The molecule has 3 aromatic rings. The van der Waals surface area contributed by atoms with Crippen molar-refractivity contribution in [1.29, 1.82) is 0 Å². The molecule has 3 N–H and O–H groups in total. The third-order valence-corrected chi connectivity index (χ3v) is 4.27. The number of para-hydroxylation sites is 1. The third-order valence-electron chi connectivity index (χ3n) is 4.27. The van der Waals surface area contributed by atoms with Crippen LogP contribution in [0, 0.1) is 0 Å². The topological polar surface area (TPSA) is 87.2 Å². The minimum Gasteiger partial charge on any atom is -0.480 e. The van der Waals surface area contributed by atoms with Crippen LogP contribution in [-0.2, 0) is 11.2 Å². The van der Waals surface area contributed by atoms with Crippen LogP contribution in [0.4, 0.5) is 0 Å². The molecule has 0 spiro atoms. The molecule has 6 nitrogen and oxygen atoms in total. The number of rotatable bonds is 4. The lowest BCUT2D eigenvalue weighted by molar-refractivity contribution is -0.139. The van der Waals surface area contributed by atoms with Crippen molar-refractivity contribution >= 4 is 5.97 Å². The molecule has 0 saturated carbocycles. The standard InChI is InChI=1S/C19H17N3O3/c23-19(24)16-10-15-18(21-11-20-15)17(22-16)12-5-4-8-14(9-12)25-13-6-2-1-3-7-13/h1-9,11,16-17,22H,10H2,(H,20,21)(H,23,24)/t16-,17+/m0/s1. The highest BCUT2D eigenvalue weighted by atomic mass is 16.5. The SMILES string of the molecule is O=C(O)[C@@H]1Cc2[nH]cnc2[C@@H](c2cccc(Oc3ccccc3)c2)N1. The zero-order chi connectivity index (χ0) is 17.2. The number of H-pyrrole nitrogens is 1. The lowest BCUT2D eigenvalue weighted by Crippen LogP contribution is -2.45. The molecule has 2 aromatic carbocycles. The highest BCUT2D eigenvalue weighted by molar-refractivity contribution is 5.74. The van der Waals surface area contributed by atoms with Crippen molar-refractivity contribution < 1.29 is 14.6 Å². The van der Waals surface area contributed by atoms with Gasteiger partial charge in [-0.2, -0.15) is 0 Å². The second-order valence-corrected chi connectivity index (χ2v) is 5.95. The number of carbonyl (C=O) groups is 1. The number of hydrogen-bond donors (Lipinski definition) is 3. The minimum absolute atomic E-state index is 0.296. The average molecular weight is 335 g/mol. The Balaban J connectivity index is 1.65. The summed E-state index contributed by atoms with van der Waals surface area (Å²) >= 11 is 0. The number of carboxylic acids is 1. The van der Waals surface area contributed by atoms with Gasteiger partial charge in [-0.25, -0.2) is 4.98 Å². The predicted octanol–water partition coefficient (Wildman–Crippen LogP) is 2.89. The first-order valence-corrected chi connectivity index (χ1v) is 8.04. The molecular formula is C19H17N3O3. The monoisotopic (exact) mass is 335 g/mol. The molecule has 0 aliphatic carbocycles. The number of benzene rings is 2. The molecule has 6 heteroatoms. The fourth-order valence-corrected chi connectivity index (χ4v) is 3.08. The van der Waals surface area contributed by atoms with Crippen molar-refractivity contribution in [1.82, 2.24) is 15.3 Å². The Morgan fingerprint density at radius 1 is 1.12 bits per heavy atom. The molecule has 126 valence electrons. The smallest absolute Gasteiger partial charge is 0.321 e. The first-order chi connectivity index (χ1) is 12.2. The molecule has 0 bridgehead atoms. The number of aromatic amines is 1. The molecule has 0 amide bonds. The third kappa shape index (κ3) is 3.12. The number of aliphatic carboxylic acids is 1. The molecule has 0 unspecified atom stereocenters. The summed E-state index contributed by atoms with van der Waals surface area (Å²) in [5.41, 5.74) is 2.59. The number of nitrogens with one attached hydrogen (secondary N) is 2. The summed E-state index contributed by atoms with van der Waals surface area (Å²) < 4.78 is 5.88. The van der Waals surface area contributed by atoms with Gasteiger partial charge in [-0.15, -0.1) is 0 Å². The fraction of sp³-hybridized carbons (Fsp3) is 0.158. The molecule has 4 rings (SSSR count). The summed E-state index contributed by atoms with van der Waals surface area (Å²) in [4.78, 5) is 18.9. The molecule has 0 saturated heterocycles. The van der Waals surface area contributed by atoms with E-state index in [0.717, 1.165) is 22.7 Å². The van der Waals surface area contributed by atoms with E-state index in [1.54, 1.807) is 6.33 Å². The van der Waals surface area contributed by atoms with Crippen molar-refractivity contribution in [2.45, 2.75) is 18.5 Å². The fourth-order valence-electron chi connectivity index (χ4n) is 3.08. The van der Waals surface area contributed by atoms with Crippen LogP contribution in [0.2, 0.25) is 0 Å². The lowest BCUT2D eigenvalue weighted by Gasteiger charge is -2.28. The Labute approximate surface area is 144 Å². The maximum atomic E-state index is 11.4. The number of hydrogen-bond acceptors (Lipinski definition) is 4. The molecular weight excluding hydrogens is 318 g/mol. The Bertz CT molecular complexity index is 892. The van der Waals surface area contributed by atoms with E-state index in [2.05, 4.69) is 15.3 Å². The van der Waals surface area contributed by atoms with Crippen LogP contribution in [0.15, 0.2) is 60.9 Å². The van der Waals surface area contributed by atoms with Crippen LogP contribution in [0.25, 0.3) is 0 Å². The van der Waals surface area contributed by atoms with Gasteiger partial charge in [0.15, 0.2) is 0 Å². The molecule has 0 fully saturated rings. The van der Waals surface area contributed by atoms with Gasteiger partial charge in [0.25, 0.3) is 0 Å². The average Bonchev–Trinajstić information content (AvgIpc) is 3.10. The molecule has 1 aliphatic rings. The first-order valence-electron chi connectivity index (χ1n) is 8.04. The van der Waals surface area contributed by atoms with Gasteiger partial charge >= 0.3 is 5.97 Å². The van der Waals surface area contributed by atoms with Gasteiger partial charge in [0.05, 0.1) is 18.1 Å². The summed E-state index contributed by atoms with van der Waals surface area (Å²) in [6.45, 7) is 0. The quantitative estimate of drug-likeness (QED) is 0.682. The van der Waals surface area contributed by atoms with Gasteiger partial charge in [-0.3, -0.25) is 10.1 Å². The predicted molar refractivity (Wildman–Crippen MR) is 91.7 cm³/mol. The Kier molecular flexibility index (Phi) is 3.95. The molecule has 0 radical (unpaired) electrons. The highest BCUT2D eigenvalue weighted by Crippen LogP contribution is 2.31. The van der Waals surface area contributed by atoms with E-state index >= 15 is 0 Å². The molecule has 1 aromatic heterocycles. The maximum Gasteiger partial charge on any atom is 0.321 e. The lowest BCUT2D eigenvalue weighted by atomic mass is 9.94. The maximum absolute atomic E-state index is 11.4. The van der Waals surface area contributed by atoms with Crippen LogP contribution < -0.4 is 10.1 Å². The number of carboxylic acid groups (broad SMARTS) is 1. The van der Waals surface area contributed by atoms with Gasteiger partial charge in [0.2, 0.25) is 0 Å². The van der Waals surface area contributed by atoms with Gasteiger partial charge in [-0.05, 0) is 29.8 Å². The van der Waals surface area contributed by atoms with Crippen LogP contribution in [-0.4, -0.2) is 27.1 Å². The van der Waals surface area contributed by atoms with E-state index in [1.807, 2.05) is 54.6 Å². The van der Waals surface area contributed by atoms with E-state index < -0.39 is 12.0 Å². The van der Waals surface area contributed by atoms with Crippen molar-refractivity contribution in [3.05, 3.63) is 77.9 Å². The van der Waals surface area contributed by atoms with E-state index in [9.17, 15) is 9.90 Å². The highest BCUT2D eigenvalue weighted by Gasteiger charge is 2.33. The van der Waals surface area contributed by atoms with Crippen LogP contribution in [0.3, 0.4) is 0 Å². The first kappa shape index (κ1) is 15.4. The molecule has 2 atom stereocenters. The normalized spacial score (nSPS) is 19.2. The largest absolute Gasteiger partial charge is 0.480 e. The zero-order valence-corrected chi connectivity index (χ0v) is 13.3. The summed E-state index contributed by atoms with van der Waals surface area (Å²) in [5, 5.41) is 12.6. The summed E-state index contributed by atoms with van der Waals surface area (Å²) in [6, 6.07) is 16.2. The Hall–Kier alpha value is -3.12. The van der Waals surface area contributed by atoms with Crippen molar-refractivity contribution in [3.63, 3.8) is 0 Å². The van der Waals surface area contributed by atoms with Crippen LogP contribution in [0.1, 0.15) is 23.0 Å². The van der Waals surface area contributed by atoms with Crippen LogP contribution >= 0.6 is 0 Å². The molecule has 2 heterocycles. The van der Waals surface area contributed by atoms with E-state index in [0.29, 0.717) is 12.2 Å². The minimum atomic E-state index is -0.873. The van der Waals surface area contributed by atoms with Gasteiger partial charge in [0, 0.05) is 12.1 Å². The molecule has 1 aliphatic heterocycles. The number of imidazole rings is 1. The Morgan fingerprint density at radius 2 is 1.92 bits per heavy atom. The molecule has 25 heavy (non-hydrogen) atoms. The van der Waals surface area contributed by atoms with Gasteiger partial charge < -0.3 is 14.8 Å². The van der Waals surface area contributed by atoms with Crippen LogP contribution in [0.5, 0.6) is 11.5 Å².